The normalized spacial score (nSPS) is 23.2. The van der Waals surface area contributed by atoms with E-state index in [1.807, 2.05) is 11.8 Å². The van der Waals surface area contributed by atoms with Crippen molar-refractivity contribution in [2.45, 2.75) is 50.0 Å². The molecular weight excluding hydrogens is 254 g/mol. The van der Waals surface area contributed by atoms with Gasteiger partial charge in [0.2, 0.25) is 0 Å². The Morgan fingerprint density at radius 3 is 2.84 bits per heavy atom. The van der Waals surface area contributed by atoms with E-state index in [2.05, 4.69) is 50.4 Å². The molecule has 1 N–H and O–H groups in total. The molecule has 0 aromatic heterocycles. The van der Waals surface area contributed by atoms with Crippen LogP contribution in [0.1, 0.15) is 32.8 Å². The monoisotopic (exact) mass is 279 g/mol. The van der Waals surface area contributed by atoms with Crippen molar-refractivity contribution in [3.05, 3.63) is 29.8 Å². The predicted molar refractivity (Wildman–Crippen MR) is 82.7 cm³/mol. The number of hydrogen-bond acceptors (Lipinski definition) is 3. The fourth-order valence-electron chi connectivity index (χ4n) is 2.29. The molecule has 0 bridgehead atoms. The lowest BCUT2D eigenvalue weighted by atomic mass is 10.2. The molecular formula is C16H25NOS. The number of thioether (sulfide) groups is 1. The third kappa shape index (κ3) is 4.51. The Hall–Kier alpha value is -0.510. The van der Waals surface area contributed by atoms with Crippen molar-refractivity contribution in [2.24, 2.45) is 5.92 Å². The summed E-state index contributed by atoms with van der Waals surface area (Å²) in [5, 5.41) is 4.14. The second-order valence-electron chi connectivity index (χ2n) is 5.65. The Labute approximate surface area is 121 Å². The zero-order valence-corrected chi connectivity index (χ0v) is 13.0. The number of benzene rings is 1. The topological polar surface area (TPSA) is 21.3 Å². The van der Waals surface area contributed by atoms with Gasteiger partial charge in [-0.25, -0.2) is 0 Å². The summed E-state index contributed by atoms with van der Waals surface area (Å²) in [6.45, 7) is 9.61. The Bertz CT molecular complexity index is 394. The lowest BCUT2D eigenvalue weighted by Crippen LogP contribution is -2.20. The van der Waals surface area contributed by atoms with Crippen LogP contribution in [-0.4, -0.2) is 24.5 Å². The third-order valence-corrected chi connectivity index (χ3v) is 5.00. The second-order valence-corrected chi connectivity index (χ2v) is 6.93. The van der Waals surface area contributed by atoms with Crippen molar-refractivity contribution in [3.63, 3.8) is 0 Å². The predicted octanol–water partition coefficient (Wildman–Crippen LogP) is 3.70. The van der Waals surface area contributed by atoms with Crippen LogP contribution in [0, 0.1) is 5.92 Å². The van der Waals surface area contributed by atoms with E-state index >= 15 is 0 Å². The minimum atomic E-state index is 0.377. The van der Waals surface area contributed by atoms with Crippen LogP contribution in [0.4, 0.5) is 0 Å². The molecule has 1 aromatic carbocycles. The highest BCUT2D eigenvalue weighted by Crippen LogP contribution is 2.34. The summed E-state index contributed by atoms with van der Waals surface area (Å²) in [5.74, 6) is 0.697. The summed E-state index contributed by atoms with van der Waals surface area (Å²) in [4.78, 5) is 1.40. The highest BCUT2D eigenvalue weighted by molar-refractivity contribution is 8.00. The van der Waals surface area contributed by atoms with Crippen molar-refractivity contribution in [2.75, 3.05) is 13.2 Å². The first-order valence-electron chi connectivity index (χ1n) is 7.23. The molecule has 0 aliphatic carbocycles. The molecule has 1 aromatic rings. The SMILES string of the molecule is CC(C)CNCc1ccccc1SC1CCOC1C. The van der Waals surface area contributed by atoms with Gasteiger partial charge >= 0.3 is 0 Å². The maximum atomic E-state index is 5.65. The number of hydrogen-bond donors (Lipinski definition) is 1. The van der Waals surface area contributed by atoms with Crippen LogP contribution in [0.3, 0.4) is 0 Å². The highest BCUT2D eigenvalue weighted by Gasteiger charge is 2.25. The average Bonchev–Trinajstić information content (AvgIpc) is 2.77. The molecule has 2 unspecified atom stereocenters. The van der Waals surface area contributed by atoms with E-state index in [1.165, 1.54) is 16.9 Å². The molecule has 2 atom stereocenters. The van der Waals surface area contributed by atoms with E-state index in [-0.39, 0.29) is 0 Å². The summed E-state index contributed by atoms with van der Waals surface area (Å²) in [6.07, 6.45) is 1.54. The molecule has 1 aliphatic heterocycles. The van der Waals surface area contributed by atoms with Gasteiger partial charge in [-0.05, 0) is 37.4 Å². The lowest BCUT2D eigenvalue weighted by molar-refractivity contribution is 0.127. The zero-order chi connectivity index (χ0) is 13.7. The molecule has 2 nitrogen and oxygen atoms in total. The average molecular weight is 279 g/mol. The van der Waals surface area contributed by atoms with Crippen LogP contribution < -0.4 is 5.32 Å². The van der Waals surface area contributed by atoms with Crippen molar-refractivity contribution in [1.82, 2.24) is 5.32 Å². The summed E-state index contributed by atoms with van der Waals surface area (Å²) in [7, 11) is 0. The number of nitrogens with one attached hydrogen (secondary N) is 1. The van der Waals surface area contributed by atoms with Crippen LogP contribution in [0.25, 0.3) is 0 Å². The van der Waals surface area contributed by atoms with E-state index < -0.39 is 0 Å². The fourth-order valence-corrected chi connectivity index (χ4v) is 3.55. The third-order valence-electron chi connectivity index (χ3n) is 3.43. The van der Waals surface area contributed by atoms with Gasteiger partial charge in [0.05, 0.1) is 6.10 Å². The summed E-state index contributed by atoms with van der Waals surface area (Å²) >= 11 is 1.98. The van der Waals surface area contributed by atoms with Crippen molar-refractivity contribution < 1.29 is 4.74 Å². The summed E-state index contributed by atoms with van der Waals surface area (Å²) in [6, 6.07) is 8.73. The van der Waals surface area contributed by atoms with Gasteiger partial charge in [0.15, 0.2) is 0 Å². The standard InChI is InChI=1S/C16H25NOS/c1-12(2)10-17-11-14-6-4-5-7-16(14)19-15-8-9-18-13(15)3/h4-7,12-13,15,17H,8-11H2,1-3H3. The molecule has 1 aliphatic rings. The van der Waals surface area contributed by atoms with Gasteiger partial charge in [-0.15, -0.1) is 11.8 Å². The smallest absolute Gasteiger partial charge is 0.0669 e. The van der Waals surface area contributed by atoms with Gasteiger partial charge in [-0.1, -0.05) is 32.0 Å². The molecule has 0 saturated carbocycles. The van der Waals surface area contributed by atoms with Crippen molar-refractivity contribution >= 4 is 11.8 Å². The summed E-state index contributed by atoms with van der Waals surface area (Å²) in [5.41, 5.74) is 1.41. The maximum Gasteiger partial charge on any atom is 0.0669 e. The van der Waals surface area contributed by atoms with Gasteiger partial charge in [0.1, 0.15) is 0 Å². The van der Waals surface area contributed by atoms with Gasteiger partial charge in [0.25, 0.3) is 0 Å². The van der Waals surface area contributed by atoms with Gasteiger partial charge in [-0.3, -0.25) is 0 Å². The van der Waals surface area contributed by atoms with E-state index in [0.29, 0.717) is 17.3 Å². The van der Waals surface area contributed by atoms with Gasteiger partial charge < -0.3 is 10.1 Å². The van der Waals surface area contributed by atoms with Gasteiger partial charge in [-0.2, -0.15) is 0 Å². The van der Waals surface area contributed by atoms with E-state index in [1.54, 1.807) is 0 Å². The summed E-state index contributed by atoms with van der Waals surface area (Å²) < 4.78 is 5.65. The molecule has 0 spiro atoms. The molecule has 19 heavy (non-hydrogen) atoms. The molecule has 3 heteroatoms. The minimum Gasteiger partial charge on any atom is -0.377 e. The largest absolute Gasteiger partial charge is 0.377 e. The van der Waals surface area contributed by atoms with Crippen LogP contribution in [-0.2, 0) is 11.3 Å². The van der Waals surface area contributed by atoms with Crippen LogP contribution in [0.15, 0.2) is 29.2 Å². The maximum absolute atomic E-state index is 5.65. The lowest BCUT2D eigenvalue weighted by Gasteiger charge is -2.17. The quantitative estimate of drug-likeness (QED) is 0.858. The number of rotatable bonds is 6. The Morgan fingerprint density at radius 2 is 2.16 bits per heavy atom. The van der Waals surface area contributed by atoms with E-state index in [9.17, 15) is 0 Å². The molecule has 106 valence electrons. The molecule has 1 heterocycles. The fraction of sp³-hybridized carbons (Fsp3) is 0.625. The van der Waals surface area contributed by atoms with E-state index in [4.69, 9.17) is 4.74 Å². The zero-order valence-electron chi connectivity index (χ0n) is 12.2. The van der Waals surface area contributed by atoms with Crippen LogP contribution in [0.2, 0.25) is 0 Å². The van der Waals surface area contributed by atoms with Gasteiger partial charge in [0, 0.05) is 23.3 Å². The highest BCUT2D eigenvalue weighted by atomic mass is 32.2. The first kappa shape index (κ1) is 14.9. The second kappa shape index (κ2) is 7.32. The van der Waals surface area contributed by atoms with Crippen LogP contribution >= 0.6 is 11.8 Å². The first-order chi connectivity index (χ1) is 9.16. The molecule has 0 radical (unpaired) electrons. The Balaban J connectivity index is 1.95. The van der Waals surface area contributed by atoms with Crippen LogP contribution in [0.5, 0.6) is 0 Å². The first-order valence-corrected chi connectivity index (χ1v) is 8.11. The molecule has 1 saturated heterocycles. The van der Waals surface area contributed by atoms with Crippen molar-refractivity contribution in [3.8, 4) is 0 Å². The molecule has 1 fully saturated rings. The minimum absolute atomic E-state index is 0.377. The van der Waals surface area contributed by atoms with Crippen molar-refractivity contribution in [1.29, 1.82) is 0 Å². The Morgan fingerprint density at radius 1 is 1.37 bits per heavy atom. The Kier molecular flexibility index (Phi) is 5.74. The number of ether oxygens (including phenoxy) is 1. The van der Waals surface area contributed by atoms with E-state index in [0.717, 1.165) is 19.7 Å². The molecule has 2 rings (SSSR count). The molecule has 0 amide bonds.